The first kappa shape index (κ1) is 19.5. The molecule has 2 aromatic rings. The molecule has 2 aromatic heterocycles. The minimum atomic E-state index is -0.847. The minimum Gasteiger partial charge on any atom is -0.462 e. The normalized spacial score (nSPS) is 24.8. The van der Waals surface area contributed by atoms with Crippen molar-refractivity contribution in [3.63, 3.8) is 0 Å². The van der Waals surface area contributed by atoms with Gasteiger partial charge in [0.2, 0.25) is 5.95 Å². The quantitative estimate of drug-likeness (QED) is 0.611. The van der Waals surface area contributed by atoms with Crippen molar-refractivity contribution in [3.05, 3.63) is 20.0 Å². The van der Waals surface area contributed by atoms with Crippen LogP contribution in [-0.4, -0.2) is 43.9 Å². The summed E-state index contributed by atoms with van der Waals surface area (Å²) >= 11 is 0.739. The Bertz CT molecular complexity index is 966. The van der Waals surface area contributed by atoms with Gasteiger partial charge in [0.15, 0.2) is 5.65 Å². The van der Waals surface area contributed by atoms with E-state index in [1.165, 1.54) is 11.5 Å². The number of aliphatic hydroxyl groups excluding tert-OH is 1. The summed E-state index contributed by atoms with van der Waals surface area (Å²) in [5, 5.41) is 10.2. The van der Waals surface area contributed by atoms with Crippen molar-refractivity contribution in [1.29, 1.82) is 0 Å². The SMILES string of the molecule is CC[C@H](O)C1C[C@@H]([C@@H](C)OC(C)=O)[C@H](n2c(=O)sc3c(=O)[nH]c(N)nc32)O1. The number of esters is 1. The molecule has 148 valence electrons. The molecule has 27 heavy (non-hydrogen) atoms. The van der Waals surface area contributed by atoms with Crippen LogP contribution in [0.4, 0.5) is 5.95 Å². The zero-order valence-electron chi connectivity index (χ0n) is 15.2. The second kappa shape index (κ2) is 7.41. The van der Waals surface area contributed by atoms with Gasteiger partial charge in [-0.1, -0.05) is 18.3 Å². The second-order valence-electron chi connectivity index (χ2n) is 6.60. The average Bonchev–Trinajstić information content (AvgIpc) is 3.14. The topological polar surface area (TPSA) is 150 Å². The van der Waals surface area contributed by atoms with Gasteiger partial charge in [-0.05, 0) is 19.8 Å². The molecule has 0 bridgehead atoms. The summed E-state index contributed by atoms with van der Waals surface area (Å²) in [6.45, 7) is 4.82. The molecular weight excluding hydrogens is 376 g/mol. The van der Waals surface area contributed by atoms with Crippen LogP contribution in [0, 0.1) is 5.92 Å². The Labute approximate surface area is 157 Å². The number of aliphatic hydroxyl groups is 1. The van der Waals surface area contributed by atoms with E-state index in [2.05, 4.69) is 9.97 Å². The summed E-state index contributed by atoms with van der Waals surface area (Å²) in [5.74, 6) is -0.980. The van der Waals surface area contributed by atoms with Gasteiger partial charge in [0, 0.05) is 12.8 Å². The van der Waals surface area contributed by atoms with Crippen molar-refractivity contribution in [2.45, 2.75) is 58.2 Å². The number of rotatable bonds is 5. The number of thiazole rings is 1. The van der Waals surface area contributed by atoms with Gasteiger partial charge in [-0.25, -0.2) is 0 Å². The molecule has 11 heteroatoms. The van der Waals surface area contributed by atoms with E-state index in [0.717, 1.165) is 11.3 Å². The standard InChI is InChI=1S/C16H22N4O6S/c1-4-9(22)10-5-8(6(2)25-7(3)21)14(26-10)20-12-11(27-16(20)24)13(23)19-15(17)18-12/h6,8-10,14,22H,4-5H2,1-3H3,(H3,17,18,19,23)/t6-,8+,9+,10?,14-/m1/s1. The van der Waals surface area contributed by atoms with E-state index in [4.69, 9.17) is 15.2 Å². The molecule has 0 radical (unpaired) electrons. The average molecular weight is 398 g/mol. The monoisotopic (exact) mass is 398 g/mol. The lowest BCUT2D eigenvalue weighted by Crippen LogP contribution is -2.32. The van der Waals surface area contributed by atoms with Gasteiger partial charge in [-0.3, -0.25) is 23.9 Å². The highest BCUT2D eigenvalue weighted by atomic mass is 32.1. The highest BCUT2D eigenvalue weighted by Gasteiger charge is 2.44. The largest absolute Gasteiger partial charge is 0.462 e. The third kappa shape index (κ3) is 3.62. The highest BCUT2D eigenvalue weighted by Crippen LogP contribution is 2.40. The van der Waals surface area contributed by atoms with Crippen LogP contribution in [-0.2, 0) is 14.3 Å². The Morgan fingerprint density at radius 3 is 2.89 bits per heavy atom. The summed E-state index contributed by atoms with van der Waals surface area (Å²) in [4.78, 5) is 42.1. The summed E-state index contributed by atoms with van der Waals surface area (Å²) in [5.41, 5.74) is 5.24. The van der Waals surface area contributed by atoms with Crippen LogP contribution in [0.2, 0.25) is 0 Å². The van der Waals surface area contributed by atoms with Gasteiger partial charge in [0.05, 0.1) is 12.2 Å². The fourth-order valence-corrected chi connectivity index (χ4v) is 4.27. The predicted octanol–water partition coefficient (Wildman–Crippen LogP) is 0.355. The van der Waals surface area contributed by atoms with E-state index < -0.39 is 46.9 Å². The van der Waals surface area contributed by atoms with Crippen molar-refractivity contribution in [2.24, 2.45) is 5.92 Å². The molecular formula is C16H22N4O6S. The maximum atomic E-state index is 12.6. The number of aromatic amines is 1. The molecule has 1 aliphatic heterocycles. The molecule has 4 N–H and O–H groups in total. The summed E-state index contributed by atoms with van der Waals surface area (Å²) in [6.07, 6.45) is -1.83. The van der Waals surface area contributed by atoms with Crippen molar-refractivity contribution >= 4 is 33.6 Å². The lowest BCUT2D eigenvalue weighted by atomic mass is 9.95. The zero-order valence-corrected chi connectivity index (χ0v) is 16.0. The van der Waals surface area contributed by atoms with Gasteiger partial charge >= 0.3 is 10.8 Å². The molecule has 1 saturated heterocycles. The Morgan fingerprint density at radius 1 is 1.56 bits per heavy atom. The van der Waals surface area contributed by atoms with Crippen molar-refractivity contribution in [1.82, 2.24) is 14.5 Å². The minimum absolute atomic E-state index is 0.114. The first-order valence-corrected chi connectivity index (χ1v) is 9.46. The molecule has 1 unspecified atom stereocenters. The number of nitrogens with two attached hydrogens (primary N) is 1. The number of anilines is 1. The maximum absolute atomic E-state index is 12.6. The van der Waals surface area contributed by atoms with Crippen molar-refractivity contribution in [3.8, 4) is 0 Å². The van der Waals surface area contributed by atoms with Crippen molar-refractivity contribution in [2.75, 3.05) is 5.73 Å². The van der Waals surface area contributed by atoms with Gasteiger partial charge in [-0.2, -0.15) is 4.98 Å². The fraction of sp³-hybridized carbons (Fsp3) is 0.625. The van der Waals surface area contributed by atoms with Gasteiger partial charge in [0.25, 0.3) is 5.56 Å². The number of fused-ring (bicyclic) bond motifs is 1. The van der Waals surface area contributed by atoms with Crippen LogP contribution < -0.4 is 16.2 Å². The number of nitrogens with zero attached hydrogens (tertiary/aromatic N) is 2. The molecule has 0 saturated carbocycles. The van der Waals surface area contributed by atoms with E-state index in [-0.39, 0.29) is 16.3 Å². The van der Waals surface area contributed by atoms with E-state index in [1.807, 2.05) is 6.92 Å². The van der Waals surface area contributed by atoms with E-state index in [1.54, 1.807) is 6.92 Å². The van der Waals surface area contributed by atoms with E-state index in [0.29, 0.717) is 12.8 Å². The van der Waals surface area contributed by atoms with Crippen LogP contribution in [0.15, 0.2) is 9.59 Å². The summed E-state index contributed by atoms with van der Waals surface area (Å²) < 4.78 is 12.7. The molecule has 3 rings (SSSR count). The Hall–Kier alpha value is -2.24. The molecule has 10 nitrogen and oxygen atoms in total. The molecule has 0 spiro atoms. The van der Waals surface area contributed by atoms with E-state index in [9.17, 15) is 19.5 Å². The number of hydrogen-bond acceptors (Lipinski definition) is 9. The van der Waals surface area contributed by atoms with Crippen LogP contribution in [0.1, 0.15) is 39.8 Å². The summed E-state index contributed by atoms with van der Waals surface area (Å²) in [6, 6.07) is 0. The molecule has 1 fully saturated rings. The van der Waals surface area contributed by atoms with Crippen LogP contribution in [0.5, 0.6) is 0 Å². The van der Waals surface area contributed by atoms with Crippen LogP contribution >= 0.6 is 11.3 Å². The Balaban J connectivity index is 2.10. The third-order valence-corrected chi connectivity index (χ3v) is 5.68. The second-order valence-corrected chi connectivity index (χ2v) is 7.56. The van der Waals surface area contributed by atoms with Gasteiger partial charge < -0.3 is 20.3 Å². The number of nitrogens with one attached hydrogen (secondary N) is 1. The fourth-order valence-electron chi connectivity index (χ4n) is 3.43. The van der Waals surface area contributed by atoms with Gasteiger partial charge in [0.1, 0.15) is 17.0 Å². The lowest BCUT2D eigenvalue weighted by molar-refractivity contribution is -0.150. The zero-order chi connectivity index (χ0) is 19.9. The number of H-pyrrole nitrogens is 1. The third-order valence-electron chi connectivity index (χ3n) is 4.73. The Morgan fingerprint density at radius 2 is 2.26 bits per heavy atom. The summed E-state index contributed by atoms with van der Waals surface area (Å²) in [7, 11) is 0. The molecule has 3 heterocycles. The van der Waals surface area contributed by atoms with Crippen LogP contribution in [0.3, 0.4) is 0 Å². The molecule has 0 aromatic carbocycles. The predicted molar refractivity (Wildman–Crippen MR) is 98.5 cm³/mol. The number of carbonyl (C=O) groups is 1. The van der Waals surface area contributed by atoms with E-state index >= 15 is 0 Å². The number of aromatic nitrogens is 3. The maximum Gasteiger partial charge on any atom is 0.311 e. The van der Waals surface area contributed by atoms with Gasteiger partial charge in [-0.15, -0.1) is 0 Å². The highest BCUT2D eigenvalue weighted by molar-refractivity contribution is 7.16. The smallest absolute Gasteiger partial charge is 0.311 e. The number of hydrogen-bond donors (Lipinski definition) is 3. The van der Waals surface area contributed by atoms with Crippen LogP contribution in [0.25, 0.3) is 10.3 Å². The molecule has 0 amide bonds. The lowest BCUT2D eigenvalue weighted by Gasteiger charge is -2.24. The molecule has 1 aliphatic rings. The first-order valence-electron chi connectivity index (χ1n) is 8.64. The molecule has 0 aliphatic carbocycles. The van der Waals surface area contributed by atoms with Crippen molar-refractivity contribution < 1.29 is 19.4 Å². The molecule has 5 atom stereocenters. The number of ether oxygens (including phenoxy) is 2. The number of nitrogen functional groups attached to an aromatic ring is 1. The first-order chi connectivity index (χ1) is 12.7. The number of carbonyl (C=O) groups excluding carboxylic acids is 1. The Kier molecular flexibility index (Phi) is 5.36.